The molecule has 0 aliphatic carbocycles. The van der Waals surface area contributed by atoms with Gasteiger partial charge in [-0.15, -0.1) is 0 Å². The SMILES string of the molecule is CC.CC.CC(C)C(=O)Nc1ccccc1COC=O. The molecule has 20 heavy (non-hydrogen) atoms. The van der Waals surface area contributed by atoms with E-state index in [9.17, 15) is 9.59 Å². The molecule has 0 radical (unpaired) electrons. The quantitative estimate of drug-likeness (QED) is 0.830. The van der Waals surface area contributed by atoms with Crippen molar-refractivity contribution in [2.75, 3.05) is 5.32 Å². The summed E-state index contributed by atoms with van der Waals surface area (Å²) in [4.78, 5) is 21.6. The van der Waals surface area contributed by atoms with E-state index in [1.165, 1.54) is 0 Å². The number of hydrogen-bond donors (Lipinski definition) is 1. The lowest BCUT2D eigenvalue weighted by Gasteiger charge is -2.11. The Labute approximate surface area is 122 Å². The summed E-state index contributed by atoms with van der Waals surface area (Å²) in [5.41, 5.74) is 1.46. The van der Waals surface area contributed by atoms with Crippen molar-refractivity contribution in [1.82, 2.24) is 0 Å². The normalized spacial score (nSPS) is 8.55. The molecule has 1 amide bonds. The Hall–Kier alpha value is -1.84. The summed E-state index contributed by atoms with van der Waals surface area (Å²) in [6.07, 6.45) is 0. The standard InChI is InChI=1S/C12H15NO3.2C2H6/c1-9(2)12(15)13-11-6-4-3-5-10(11)7-16-8-14;2*1-2/h3-6,8-9H,7H2,1-2H3,(H,13,15);2*1-2H3. The Bertz CT molecular complexity index is 376. The molecule has 1 aromatic carbocycles. The maximum atomic E-state index is 11.5. The molecule has 0 bridgehead atoms. The molecular weight excluding hydrogens is 254 g/mol. The summed E-state index contributed by atoms with van der Waals surface area (Å²) < 4.78 is 4.67. The number of benzene rings is 1. The van der Waals surface area contributed by atoms with Gasteiger partial charge < -0.3 is 10.1 Å². The van der Waals surface area contributed by atoms with Crippen LogP contribution in [-0.2, 0) is 20.9 Å². The predicted molar refractivity (Wildman–Crippen MR) is 83.5 cm³/mol. The third kappa shape index (κ3) is 8.29. The molecule has 0 aliphatic rings. The number of ether oxygens (including phenoxy) is 1. The van der Waals surface area contributed by atoms with Crippen molar-refractivity contribution in [3.05, 3.63) is 29.8 Å². The summed E-state index contributed by atoms with van der Waals surface area (Å²) in [6, 6.07) is 7.23. The molecule has 0 heterocycles. The lowest BCUT2D eigenvalue weighted by Crippen LogP contribution is -2.18. The minimum absolute atomic E-state index is 0.0569. The average molecular weight is 281 g/mol. The molecule has 0 fully saturated rings. The van der Waals surface area contributed by atoms with Gasteiger partial charge in [-0.05, 0) is 6.07 Å². The second kappa shape index (κ2) is 13.6. The van der Waals surface area contributed by atoms with E-state index < -0.39 is 0 Å². The smallest absolute Gasteiger partial charge is 0.293 e. The van der Waals surface area contributed by atoms with E-state index in [1.807, 2.05) is 53.7 Å². The Kier molecular flexibility index (Phi) is 13.9. The van der Waals surface area contributed by atoms with Gasteiger partial charge in [0, 0.05) is 17.2 Å². The zero-order chi connectivity index (χ0) is 16.0. The van der Waals surface area contributed by atoms with Gasteiger partial charge in [0.25, 0.3) is 6.47 Å². The van der Waals surface area contributed by atoms with Crippen LogP contribution in [0, 0.1) is 5.92 Å². The van der Waals surface area contributed by atoms with Crippen molar-refractivity contribution in [3.63, 3.8) is 0 Å². The molecule has 1 N–H and O–H groups in total. The topological polar surface area (TPSA) is 55.4 Å². The summed E-state index contributed by atoms with van der Waals surface area (Å²) in [7, 11) is 0. The maximum Gasteiger partial charge on any atom is 0.293 e. The van der Waals surface area contributed by atoms with Gasteiger partial charge >= 0.3 is 0 Å². The van der Waals surface area contributed by atoms with Gasteiger partial charge in [-0.1, -0.05) is 59.7 Å². The molecule has 114 valence electrons. The van der Waals surface area contributed by atoms with Crippen LogP contribution in [0.4, 0.5) is 5.69 Å². The van der Waals surface area contributed by atoms with E-state index in [0.717, 1.165) is 5.56 Å². The summed E-state index contributed by atoms with van der Waals surface area (Å²) in [6.45, 7) is 12.2. The molecule has 0 unspecified atom stereocenters. The minimum atomic E-state index is -0.0833. The molecule has 0 atom stereocenters. The van der Waals surface area contributed by atoms with Gasteiger partial charge in [0.05, 0.1) is 0 Å². The van der Waals surface area contributed by atoms with Crippen molar-refractivity contribution in [1.29, 1.82) is 0 Å². The number of rotatable bonds is 5. The van der Waals surface area contributed by atoms with E-state index in [2.05, 4.69) is 10.1 Å². The summed E-state index contributed by atoms with van der Waals surface area (Å²) in [5, 5.41) is 2.78. The van der Waals surface area contributed by atoms with Crippen molar-refractivity contribution in [2.45, 2.75) is 48.1 Å². The van der Waals surface area contributed by atoms with E-state index in [1.54, 1.807) is 12.1 Å². The fourth-order valence-electron chi connectivity index (χ4n) is 1.17. The number of anilines is 1. The van der Waals surface area contributed by atoms with Crippen LogP contribution in [-0.4, -0.2) is 12.4 Å². The molecule has 0 saturated carbocycles. The van der Waals surface area contributed by atoms with Gasteiger partial charge in [0.2, 0.25) is 5.91 Å². The summed E-state index contributed by atoms with van der Waals surface area (Å²) >= 11 is 0. The first-order chi connectivity index (χ1) is 9.65. The van der Waals surface area contributed by atoms with Gasteiger partial charge in [0.15, 0.2) is 0 Å². The lowest BCUT2D eigenvalue weighted by molar-refractivity contribution is -0.129. The number of para-hydroxylation sites is 1. The third-order valence-electron chi connectivity index (χ3n) is 2.11. The van der Waals surface area contributed by atoms with Crippen molar-refractivity contribution < 1.29 is 14.3 Å². The molecule has 0 saturated heterocycles. The van der Waals surface area contributed by atoms with E-state index in [0.29, 0.717) is 12.2 Å². The van der Waals surface area contributed by atoms with Crippen LogP contribution >= 0.6 is 0 Å². The molecule has 1 rings (SSSR count). The first-order valence-electron chi connectivity index (χ1n) is 7.09. The Morgan fingerprint density at radius 2 is 1.75 bits per heavy atom. The van der Waals surface area contributed by atoms with Gasteiger partial charge in [0.1, 0.15) is 6.61 Å². The number of carbonyl (C=O) groups excluding carboxylic acids is 2. The fraction of sp³-hybridized carbons (Fsp3) is 0.500. The van der Waals surface area contributed by atoms with Gasteiger partial charge in [-0.3, -0.25) is 9.59 Å². The molecule has 0 spiro atoms. The molecular formula is C16H27NO3. The Morgan fingerprint density at radius 1 is 1.20 bits per heavy atom. The number of hydrogen-bond acceptors (Lipinski definition) is 3. The third-order valence-corrected chi connectivity index (χ3v) is 2.11. The Morgan fingerprint density at radius 3 is 2.25 bits per heavy atom. The first-order valence-corrected chi connectivity index (χ1v) is 7.09. The highest BCUT2D eigenvalue weighted by Crippen LogP contribution is 2.16. The van der Waals surface area contributed by atoms with E-state index >= 15 is 0 Å². The second-order valence-corrected chi connectivity index (χ2v) is 3.71. The summed E-state index contributed by atoms with van der Waals surface area (Å²) in [5.74, 6) is -0.140. The van der Waals surface area contributed by atoms with Gasteiger partial charge in [-0.25, -0.2) is 0 Å². The van der Waals surface area contributed by atoms with Crippen LogP contribution in [0.1, 0.15) is 47.1 Å². The number of amides is 1. The lowest BCUT2D eigenvalue weighted by atomic mass is 10.1. The Balaban J connectivity index is 0. The molecule has 4 nitrogen and oxygen atoms in total. The van der Waals surface area contributed by atoms with Crippen LogP contribution < -0.4 is 5.32 Å². The molecule has 4 heteroatoms. The van der Waals surface area contributed by atoms with Crippen LogP contribution in [0.25, 0.3) is 0 Å². The monoisotopic (exact) mass is 281 g/mol. The molecule has 0 aromatic heterocycles. The number of carbonyl (C=O) groups is 2. The van der Waals surface area contributed by atoms with Crippen LogP contribution in [0.5, 0.6) is 0 Å². The van der Waals surface area contributed by atoms with Crippen LogP contribution in [0.15, 0.2) is 24.3 Å². The zero-order valence-electron chi connectivity index (χ0n) is 13.4. The van der Waals surface area contributed by atoms with Crippen LogP contribution in [0.3, 0.4) is 0 Å². The predicted octanol–water partition coefficient (Wildman–Crippen LogP) is 4.01. The van der Waals surface area contributed by atoms with E-state index in [-0.39, 0.29) is 18.4 Å². The zero-order valence-corrected chi connectivity index (χ0v) is 13.4. The van der Waals surface area contributed by atoms with Crippen LogP contribution in [0.2, 0.25) is 0 Å². The molecule has 0 aliphatic heterocycles. The number of nitrogens with one attached hydrogen (secondary N) is 1. The van der Waals surface area contributed by atoms with Gasteiger partial charge in [-0.2, -0.15) is 0 Å². The maximum absolute atomic E-state index is 11.5. The minimum Gasteiger partial charge on any atom is -0.463 e. The largest absolute Gasteiger partial charge is 0.463 e. The highest BCUT2D eigenvalue weighted by molar-refractivity contribution is 5.92. The van der Waals surface area contributed by atoms with Crippen molar-refractivity contribution >= 4 is 18.1 Å². The second-order valence-electron chi connectivity index (χ2n) is 3.71. The average Bonchev–Trinajstić information content (AvgIpc) is 2.50. The highest BCUT2D eigenvalue weighted by atomic mass is 16.5. The molecule has 1 aromatic rings. The van der Waals surface area contributed by atoms with E-state index in [4.69, 9.17) is 0 Å². The highest BCUT2D eigenvalue weighted by Gasteiger charge is 2.09. The van der Waals surface area contributed by atoms with Crippen molar-refractivity contribution in [3.8, 4) is 0 Å². The fourth-order valence-corrected chi connectivity index (χ4v) is 1.17. The first kappa shape index (κ1) is 20.5. The van der Waals surface area contributed by atoms with Crippen molar-refractivity contribution in [2.24, 2.45) is 5.92 Å².